The second-order valence-electron chi connectivity index (χ2n) is 5.71. The monoisotopic (exact) mass is 353 g/mol. The minimum Gasteiger partial charge on any atom is -0.374 e. The summed E-state index contributed by atoms with van der Waals surface area (Å²) in [5.74, 6) is -0.788. The summed E-state index contributed by atoms with van der Waals surface area (Å²) >= 11 is 1.35. The predicted molar refractivity (Wildman–Crippen MR) is 94.5 cm³/mol. The van der Waals surface area contributed by atoms with Gasteiger partial charge < -0.3 is 5.11 Å². The predicted octanol–water partition coefficient (Wildman–Crippen LogP) is 4.86. The summed E-state index contributed by atoms with van der Waals surface area (Å²) in [4.78, 5) is 4.56. The highest BCUT2D eigenvalue weighted by atomic mass is 32.1. The van der Waals surface area contributed by atoms with Crippen LogP contribution in [0, 0.1) is 11.6 Å². The number of benzene rings is 3. The van der Waals surface area contributed by atoms with Crippen molar-refractivity contribution in [2.75, 3.05) is 0 Å². The van der Waals surface area contributed by atoms with Crippen LogP contribution in [-0.4, -0.2) is 10.1 Å². The number of aromatic nitrogens is 1. The molecule has 0 saturated carbocycles. The van der Waals surface area contributed by atoms with Gasteiger partial charge >= 0.3 is 0 Å². The number of thiazole rings is 1. The van der Waals surface area contributed by atoms with Crippen LogP contribution < -0.4 is 0 Å². The Kier molecular flexibility index (Phi) is 3.82. The highest BCUT2D eigenvalue weighted by molar-refractivity contribution is 7.18. The maximum Gasteiger partial charge on any atom is 0.166 e. The van der Waals surface area contributed by atoms with Gasteiger partial charge in [-0.2, -0.15) is 0 Å². The van der Waals surface area contributed by atoms with Crippen molar-refractivity contribution in [2.24, 2.45) is 0 Å². The quantitative estimate of drug-likeness (QED) is 0.571. The van der Waals surface area contributed by atoms with Gasteiger partial charge in [0.05, 0.1) is 10.2 Å². The SMILES string of the molecule is OC(c1ccc(F)cc1)(c1ccc(F)cc1)c1nc2ccccc2s1. The van der Waals surface area contributed by atoms with E-state index in [1.165, 1.54) is 59.9 Å². The zero-order valence-corrected chi connectivity index (χ0v) is 13.8. The van der Waals surface area contributed by atoms with E-state index in [0.717, 1.165) is 10.2 Å². The van der Waals surface area contributed by atoms with Gasteiger partial charge in [0.15, 0.2) is 5.60 Å². The van der Waals surface area contributed by atoms with Crippen molar-refractivity contribution in [3.05, 3.63) is 101 Å². The molecule has 1 N–H and O–H groups in total. The lowest BCUT2D eigenvalue weighted by Gasteiger charge is -2.27. The summed E-state index contributed by atoms with van der Waals surface area (Å²) in [5.41, 5.74) is 0.120. The molecule has 0 unspecified atom stereocenters. The molecule has 0 amide bonds. The van der Waals surface area contributed by atoms with Crippen LogP contribution in [0.3, 0.4) is 0 Å². The molecule has 0 aliphatic carbocycles. The van der Waals surface area contributed by atoms with Gasteiger partial charge in [-0.15, -0.1) is 11.3 Å². The van der Waals surface area contributed by atoms with Gasteiger partial charge in [-0.05, 0) is 47.5 Å². The molecule has 2 nitrogen and oxygen atoms in total. The molecule has 1 aromatic heterocycles. The van der Waals surface area contributed by atoms with Crippen LogP contribution in [0.15, 0.2) is 72.8 Å². The molecule has 4 rings (SSSR count). The molecular weight excluding hydrogens is 340 g/mol. The lowest BCUT2D eigenvalue weighted by Crippen LogP contribution is -2.28. The molecule has 25 heavy (non-hydrogen) atoms. The van der Waals surface area contributed by atoms with Crippen LogP contribution >= 0.6 is 11.3 Å². The van der Waals surface area contributed by atoms with Crippen molar-refractivity contribution in [3.63, 3.8) is 0 Å². The Morgan fingerprint density at radius 2 is 1.28 bits per heavy atom. The van der Waals surface area contributed by atoms with E-state index in [2.05, 4.69) is 4.98 Å². The summed E-state index contributed by atoms with van der Waals surface area (Å²) in [6.07, 6.45) is 0. The average Bonchev–Trinajstić information content (AvgIpc) is 3.07. The van der Waals surface area contributed by atoms with E-state index in [1.807, 2.05) is 24.3 Å². The lowest BCUT2D eigenvalue weighted by atomic mass is 9.87. The lowest BCUT2D eigenvalue weighted by molar-refractivity contribution is 0.125. The second kappa shape index (κ2) is 6.02. The van der Waals surface area contributed by atoms with Gasteiger partial charge in [0.1, 0.15) is 16.6 Å². The Morgan fingerprint density at radius 3 is 1.80 bits per heavy atom. The van der Waals surface area contributed by atoms with E-state index < -0.39 is 17.2 Å². The van der Waals surface area contributed by atoms with E-state index in [0.29, 0.717) is 16.1 Å². The van der Waals surface area contributed by atoms with E-state index in [1.54, 1.807) is 0 Å². The third kappa shape index (κ3) is 2.71. The van der Waals surface area contributed by atoms with Crippen LogP contribution in [0.5, 0.6) is 0 Å². The van der Waals surface area contributed by atoms with E-state index in [-0.39, 0.29) is 0 Å². The first kappa shape index (κ1) is 15.9. The van der Waals surface area contributed by atoms with Gasteiger partial charge in [0, 0.05) is 0 Å². The van der Waals surface area contributed by atoms with E-state index >= 15 is 0 Å². The summed E-state index contributed by atoms with van der Waals surface area (Å²) in [6, 6.07) is 18.8. The summed E-state index contributed by atoms with van der Waals surface area (Å²) in [5, 5.41) is 12.1. The zero-order chi connectivity index (χ0) is 17.4. The molecule has 0 fully saturated rings. The summed E-state index contributed by atoms with van der Waals surface area (Å²) in [7, 11) is 0. The summed E-state index contributed by atoms with van der Waals surface area (Å²) < 4.78 is 27.6. The number of rotatable bonds is 3. The normalized spacial score (nSPS) is 11.8. The molecular formula is C20H13F2NOS. The maximum atomic E-state index is 13.4. The van der Waals surface area contributed by atoms with Crippen LogP contribution in [0.25, 0.3) is 10.2 Å². The first-order valence-corrected chi connectivity index (χ1v) is 8.49. The molecule has 124 valence electrons. The van der Waals surface area contributed by atoms with E-state index in [9.17, 15) is 13.9 Å². The minimum atomic E-state index is -1.59. The fourth-order valence-corrected chi connectivity index (χ4v) is 3.92. The third-order valence-electron chi connectivity index (χ3n) is 4.13. The fourth-order valence-electron chi connectivity index (χ4n) is 2.82. The Bertz CT molecular complexity index is 947. The molecule has 0 aliphatic heterocycles. The largest absolute Gasteiger partial charge is 0.374 e. The first-order valence-electron chi connectivity index (χ1n) is 7.68. The molecule has 1 heterocycles. The zero-order valence-electron chi connectivity index (χ0n) is 13.0. The highest BCUT2D eigenvalue weighted by Gasteiger charge is 2.37. The number of hydrogen-bond donors (Lipinski definition) is 1. The average molecular weight is 353 g/mol. The topological polar surface area (TPSA) is 33.1 Å². The van der Waals surface area contributed by atoms with Crippen molar-refractivity contribution >= 4 is 21.6 Å². The number of halogens is 2. The third-order valence-corrected chi connectivity index (χ3v) is 5.27. The van der Waals surface area contributed by atoms with E-state index in [4.69, 9.17) is 0 Å². The Labute approximate surface area is 147 Å². The molecule has 3 aromatic carbocycles. The Morgan fingerprint density at radius 1 is 0.760 bits per heavy atom. The van der Waals surface area contributed by atoms with Crippen molar-refractivity contribution in [3.8, 4) is 0 Å². The van der Waals surface area contributed by atoms with Crippen molar-refractivity contribution < 1.29 is 13.9 Å². The maximum absolute atomic E-state index is 13.4. The van der Waals surface area contributed by atoms with Crippen LogP contribution in [0.4, 0.5) is 8.78 Å². The molecule has 5 heteroatoms. The molecule has 0 atom stereocenters. The number of para-hydroxylation sites is 1. The summed E-state index contributed by atoms with van der Waals surface area (Å²) in [6.45, 7) is 0. The minimum absolute atomic E-state index is 0.394. The first-order chi connectivity index (χ1) is 12.1. The van der Waals surface area contributed by atoms with Gasteiger partial charge in [-0.25, -0.2) is 13.8 Å². The number of fused-ring (bicyclic) bond motifs is 1. The molecule has 0 spiro atoms. The highest BCUT2D eigenvalue weighted by Crippen LogP contribution is 2.40. The molecule has 0 radical (unpaired) electrons. The molecule has 4 aromatic rings. The fraction of sp³-hybridized carbons (Fsp3) is 0.0500. The van der Waals surface area contributed by atoms with Gasteiger partial charge in [0.25, 0.3) is 0 Å². The molecule has 0 saturated heterocycles. The van der Waals surface area contributed by atoms with Crippen molar-refractivity contribution in [1.29, 1.82) is 0 Å². The Balaban J connectivity index is 1.97. The van der Waals surface area contributed by atoms with Gasteiger partial charge in [-0.1, -0.05) is 36.4 Å². The smallest absolute Gasteiger partial charge is 0.166 e. The molecule has 0 aliphatic rings. The van der Waals surface area contributed by atoms with Crippen molar-refractivity contribution in [2.45, 2.75) is 5.60 Å². The van der Waals surface area contributed by atoms with Gasteiger partial charge in [-0.3, -0.25) is 0 Å². The van der Waals surface area contributed by atoms with Crippen LogP contribution in [-0.2, 0) is 5.60 Å². The Hall–Kier alpha value is -2.63. The number of nitrogens with zero attached hydrogens (tertiary/aromatic N) is 1. The number of aliphatic hydroxyl groups is 1. The van der Waals surface area contributed by atoms with Crippen LogP contribution in [0.1, 0.15) is 16.1 Å². The molecule has 0 bridgehead atoms. The second-order valence-corrected chi connectivity index (χ2v) is 6.74. The number of hydrogen-bond acceptors (Lipinski definition) is 3. The van der Waals surface area contributed by atoms with Gasteiger partial charge in [0.2, 0.25) is 0 Å². The van der Waals surface area contributed by atoms with Crippen molar-refractivity contribution in [1.82, 2.24) is 4.98 Å². The standard InChI is InChI=1S/C20H13F2NOS/c21-15-9-5-13(6-10-15)20(24,14-7-11-16(22)12-8-14)19-23-17-3-1-2-4-18(17)25-19/h1-12,24H. The van der Waals surface area contributed by atoms with Crippen LogP contribution in [0.2, 0.25) is 0 Å².